The molecule has 0 saturated carbocycles. The molecule has 0 aliphatic heterocycles. The Morgan fingerprint density at radius 3 is 2.04 bits per heavy atom. The highest BCUT2D eigenvalue weighted by atomic mass is 32.2. The second-order valence-electron chi connectivity index (χ2n) is 5.47. The van der Waals surface area contributed by atoms with E-state index in [9.17, 15) is 33.2 Å². The van der Waals surface area contributed by atoms with Crippen molar-refractivity contribution >= 4 is 27.6 Å². The van der Waals surface area contributed by atoms with Crippen molar-refractivity contribution in [3.05, 3.63) is 69.8 Å². The fraction of sp³-hybridized carbons (Fsp3) is 0.125. The van der Waals surface area contributed by atoms with Crippen LogP contribution in [0.25, 0.3) is 0 Å². The van der Waals surface area contributed by atoms with E-state index in [0.29, 0.717) is 5.56 Å². The van der Waals surface area contributed by atoms with Gasteiger partial charge in [-0.3, -0.25) is 14.9 Å². The van der Waals surface area contributed by atoms with Gasteiger partial charge < -0.3 is 10.2 Å². The van der Waals surface area contributed by atoms with Crippen LogP contribution in [0.5, 0.6) is 0 Å². The predicted molar refractivity (Wildman–Crippen MR) is 91.9 cm³/mol. The van der Waals surface area contributed by atoms with Gasteiger partial charge in [-0.25, -0.2) is 13.2 Å². The zero-order valence-electron chi connectivity index (χ0n) is 13.6. The number of nitrogens with zero attached hydrogens (tertiary/aromatic N) is 1. The Kier molecular flexibility index (Phi) is 5.88. The molecular weight excluding hydrogens is 380 g/mol. The number of aliphatic carboxylic acids is 1. The minimum atomic E-state index is -4.22. The van der Waals surface area contributed by atoms with Crippen molar-refractivity contribution in [2.24, 2.45) is 0 Å². The summed E-state index contributed by atoms with van der Waals surface area (Å²) in [5.74, 6) is -2.66. The molecule has 0 radical (unpaired) electrons. The number of nitrogens with one attached hydrogen (secondary N) is 1. The van der Waals surface area contributed by atoms with Crippen LogP contribution in [-0.2, 0) is 21.2 Å². The molecule has 3 N–H and O–H groups in total. The van der Waals surface area contributed by atoms with Crippen LogP contribution in [0.1, 0.15) is 15.9 Å². The number of carboxylic acid groups (broad SMARTS) is 2. The Balaban J connectivity index is 2.20. The van der Waals surface area contributed by atoms with Crippen LogP contribution in [0.4, 0.5) is 5.69 Å². The number of carbonyl (C=O) groups is 2. The lowest BCUT2D eigenvalue weighted by atomic mass is 10.1. The van der Waals surface area contributed by atoms with Gasteiger partial charge in [-0.2, -0.15) is 4.72 Å². The first kappa shape index (κ1) is 20.0. The molecule has 0 amide bonds. The first-order valence-electron chi connectivity index (χ1n) is 7.42. The number of hydrogen-bond donors (Lipinski definition) is 3. The highest BCUT2D eigenvalue weighted by Gasteiger charge is 2.26. The van der Waals surface area contributed by atoms with E-state index in [2.05, 4.69) is 0 Å². The van der Waals surface area contributed by atoms with Crippen LogP contribution in [0, 0.1) is 10.1 Å². The van der Waals surface area contributed by atoms with Gasteiger partial charge in [0.1, 0.15) is 6.04 Å². The summed E-state index contributed by atoms with van der Waals surface area (Å²) in [5.41, 5.74) is 0.0938. The fourth-order valence-electron chi connectivity index (χ4n) is 2.20. The van der Waals surface area contributed by atoms with Gasteiger partial charge in [0.15, 0.2) is 0 Å². The lowest BCUT2D eigenvalue weighted by molar-refractivity contribution is -0.384. The number of nitro benzene ring substituents is 1. The zero-order chi connectivity index (χ0) is 20.2. The largest absolute Gasteiger partial charge is 0.480 e. The molecule has 0 fully saturated rings. The Morgan fingerprint density at radius 2 is 1.59 bits per heavy atom. The quantitative estimate of drug-likeness (QED) is 0.445. The first-order chi connectivity index (χ1) is 12.6. The molecule has 0 aliphatic rings. The van der Waals surface area contributed by atoms with Crippen molar-refractivity contribution in [2.75, 3.05) is 0 Å². The molecule has 10 nitrogen and oxygen atoms in total. The molecule has 0 saturated heterocycles. The van der Waals surface area contributed by atoms with Crippen LogP contribution >= 0.6 is 0 Å². The number of sulfonamides is 1. The van der Waals surface area contributed by atoms with Crippen molar-refractivity contribution in [3.8, 4) is 0 Å². The van der Waals surface area contributed by atoms with E-state index in [-0.39, 0.29) is 22.6 Å². The van der Waals surface area contributed by atoms with E-state index < -0.39 is 32.9 Å². The average Bonchev–Trinajstić information content (AvgIpc) is 2.61. The Hall–Kier alpha value is -3.31. The number of benzene rings is 2. The molecule has 2 rings (SSSR count). The topological polar surface area (TPSA) is 164 Å². The number of hydrogen-bond acceptors (Lipinski definition) is 6. The smallest absolute Gasteiger partial charge is 0.335 e. The summed E-state index contributed by atoms with van der Waals surface area (Å²) in [5, 5.41) is 28.8. The van der Waals surface area contributed by atoms with E-state index >= 15 is 0 Å². The summed E-state index contributed by atoms with van der Waals surface area (Å²) in [6.45, 7) is 0. The van der Waals surface area contributed by atoms with Gasteiger partial charge in [-0.1, -0.05) is 12.1 Å². The van der Waals surface area contributed by atoms with Crippen molar-refractivity contribution < 1.29 is 33.1 Å². The Labute approximate surface area is 153 Å². The van der Waals surface area contributed by atoms with E-state index in [4.69, 9.17) is 5.11 Å². The molecule has 27 heavy (non-hydrogen) atoms. The molecule has 2 aromatic rings. The molecule has 1 atom stereocenters. The minimum Gasteiger partial charge on any atom is -0.480 e. The molecular formula is C16H14N2O8S. The third-order valence-electron chi connectivity index (χ3n) is 3.59. The van der Waals surface area contributed by atoms with Crippen LogP contribution in [0.2, 0.25) is 0 Å². The van der Waals surface area contributed by atoms with E-state index in [1.54, 1.807) is 0 Å². The van der Waals surface area contributed by atoms with Gasteiger partial charge in [0.2, 0.25) is 10.0 Å². The zero-order valence-corrected chi connectivity index (χ0v) is 14.4. The Morgan fingerprint density at radius 1 is 1.04 bits per heavy atom. The average molecular weight is 394 g/mol. The molecule has 142 valence electrons. The van der Waals surface area contributed by atoms with Gasteiger partial charge >= 0.3 is 11.9 Å². The lowest BCUT2D eigenvalue weighted by Gasteiger charge is -2.15. The monoisotopic (exact) mass is 394 g/mol. The number of carboxylic acids is 2. The van der Waals surface area contributed by atoms with Crippen LogP contribution in [0.3, 0.4) is 0 Å². The van der Waals surface area contributed by atoms with E-state index in [0.717, 1.165) is 24.3 Å². The highest BCUT2D eigenvalue weighted by molar-refractivity contribution is 7.89. The summed E-state index contributed by atoms with van der Waals surface area (Å²) >= 11 is 0. The summed E-state index contributed by atoms with van der Waals surface area (Å²) < 4.78 is 26.7. The molecule has 2 aromatic carbocycles. The van der Waals surface area contributed by atoms with Crippen molar-refractivity contribution in [3.63, 3.8) is 0 Å². The van der Waals surface area contributed by atoms with Crippen molar-refractivity contribution in [2.45, 2.75) is 17.4 Å². The van der Waals surface area contributed by atoms with Crippen molar-refractivity contribution in [1.82, 2.24) is 4.72 Å². The minimum absolute atomic E-state index is 0.116. The fourth-order valence-corrected chi connectivity index (χ4v) is 3.39. The second-order valence-corrected chi connectivity index (χ2v) is 7.18. The molecule has 0 unspecified atom stereocenters. The van der Waals surface area contributed by atoms with Gasteiger partial charge in [0.25, 0.3) is 5.69 Å². The second kappa shape index (κ2) is 7.93. The maximum absolute atomic E-state index is 12.4. The van der Waals surface area contributed by atoms with Crippen LogP contribution < -0.4 is 4.72 Å². The molecule has 0 heterocycles. The number of nitro groups is 1. The summed E-state index contributed by atoms with van der Waals surface area (Å²) in [7, 11) is -4.22. The first-order valence-corrected chi connectivity index (χ1v) is 8.90. The van der Waals surface area contributed by atoms with Crippen LogP contribution in [-0.4, -0.2) is 41.5 Å². The molecule has 11 heteroatoms. The van der Waals surface area contributed by atoms with Gasteiger partial charge in [-0.15, -0.1) is 0 Å². The van der Waals surface area contributed by atoms with Gasteiger partial charge in [-0.05, 0) is 36.2 Å². The molecule has 0 bridgehead atoms. The predicted octanol–water partition coefficient (Wildman–Crippen LogP) is 1.27. The lowest BCUT2D eigenvalue weighted by Crippen LogP contribution is -2.42. The van der Waals surface area contributed by atoms with Crippen LogP contribution in [0.15, 0.2) is 53.4 Å². The Bertz CT molecular complexity index is 968. The highest BCUT2D eigenvalue weighted by Crippen LogP contribution is 2.15. The third-order valence-corrected chi connectivity index (χ3v) is 5.08. The van der Waals surface area contributed by atoms with Crippen molar-refractivity contribution in [1.29, 1.82) is 0 Å². The van der Waals surface area contributed by atoms with Gasteiger partial charge in [0.05, 0.1) is 15.4 Å². The summed E-state index contributed by atoms with van der Waals surface area (Å²) in [4.78, 5) is 32.0. The summed E-state index contributed by atoms with van der Waals surface area (Å²) in [6, 6.07) is 7.81. The molecule has 0 spiro atoms. The number of non-ortho nitro benzene ring substituents is 1. The van der Waals surface area contributed by atoms with E-state index in [1.165, 1.54) is 24.3 Å². The molecule has 0 aromatic heterocycles. The number of rotatable bonds is 8. The maximum Gasteiger partial charge on any atom is 0.335 e. The SMILES string of the molecule is O=C(O)c1ccc(S(=O)(=O)N[C@H](Cc2ccc([N+](=O)[O-])cc2)C(=O)O)cc1. The summed E-state index contributed by atoms with van der Waals surface area (Å²) in [6.07, 6.45) is -0.236. The third kappa shape index (κ3) is 5.09. The van der Waals surface area contributed by atoms with E-state index in [1.807, 2.05) is 4.72 Å². The van der Waals surface area contributed by atoms with Gasteiger partial charge in [0, 0.05) is 12.1 Å². The number of aromatic carboxylic acids is 1. The molecule has 0 aliphatic carbocycles. The normalized spacial score (nSPS) is 12.3. The maximum atomic E-state index is 12.4. The standard InChI is InChI=1S/C16H14N2O8S/c19-15(20)11-3-7-13(8-4-11)27(25,26)17-14(16(21)22)9-10-1-5-12(6-2-10)18(23)24/h1-8,14,17H,9H2,(H,19,20)(H,21,22)/t14-/m1/s1.